The van der Waals surface area contributed by atoms with Crippen LogP contribution in [0.4, 0.5) is 0 Å². The summed E-state index contributed by atoms with van der Waals surface area (Å²) in [4.78, 5) is 28.1. The molecule has 1 aliphatic heterocycles. The Morgan fingerprint density at radius 2 is 2.35 bits per heavy atom. The third-order valence-electron chi connectivity index (χ3n) is 3.81. The van der Waals surface area contributed by atoms with Crippen LogP contribution in [0.15, 0.2) is 39.6 Å². The fourth-order valence-electron chi connectivity index (χ4n) is 2.58. The summed E-state index contributed by atoms with van der Waals surface area (Å²) in [6.45, 7) is 3.55. The van der Waals surface area contributed by atoms with Gasteiger partial charge in [0.25, 0.3) is 5.91 Å². The van der Waals surface area contributed by atoms with Crippen molar-refractivity contribution < 1.29 is 14.0 Å². The van der Waals surface area contributed by atoms with Crippen molar-refractivity contribution in [3.8, 4) is 0 Å². The van der Waals surface area contributed by atoms with Gasteiger partial charge in [-0.15, -0.1) is 11.8 Å². The van der Waals surface area contributed by atoms with E-state index in [2.05, 4.69) is 11.4 Å². The lowest BCUT2D eigenvalue weighted by Gasteiger charge is -2.27. The summed E-state index contributed by atoms with van der Waals surface area (Å²) < 4.78 is 5.18. The molecule has 0 aromatic carbocycles. The van der Waals surface area contributed by atoms with Gasteiger partial charge in [0, 0.05) is 19.6 Å². The Hall–Kier alpha value is -1.73. The highest BCUT2D eigenvalue weighted by atomic mass is 32.2. The van der Waals surface area contributed by atoms with Gasteiger partial charge in [-0.05, 0) is 41.4 Å². The van der Waals surface area contributed by atoms with Crippen molar-refractivity contribution in [3.63, 3.8) is 0 Å². The number of hydrogen-bond donors (Lipinski definition) is 0. The summed E-state index contributed by atoms with van der Waals surface area (Å²) in [6.07, 6.45) is 1.49. The summed E-state index contributed by atoms with van der Waals surface area (Å²) in [7, 11) is 0. The molecule has 23 heavy (non-hydrogen) atoms. The highest BCUT2D eigenvalue weighted by Gasteiger charge is 2.33. The Morgan fingerprint density at radius 3 is 3.00 bits per heavy atom. The highest BCUT2D eigenvalue weighted by Crippen LogP contribution is 2.39. The van der Waals surface area contributed by atoms with Crippen LogP contribution in [0, 0.1) is 0 Å². The van der Waals surface area contributed by atoms with E-state index in [-0.39, 0.29) is 17.2 Å². The zero-order valence-electron chi connectivity index (χ0n) is 12.8. The monoisotopic (exact) mass is 350 g/mol. The van der Waals surface area contributed by atoms with E-state index in [1.54, 1.807) is 40.1 Å². The molecule has 0 saturated carbocycles. The average molecular weight is 350 g/mol. The minimum atomic E-state index is -0.135. The van der Waals surface area contributed by atoms with E-state index in [0.717, 1.165) is 5.56 Å². The number of carbonyl (C=O) groups is 2. The minimum Gasteiger partial charge on any atom is -0.459 e. The van der Waals surface area contributed by atoms with Gasteiger partial charge in [-0.2, -0.15) is 11.3 Å². The Labute approximate surface area is 143 Å². The molecule has 0 bridgehead atoms. The number of carbonyl (C=O) groups excluding carboxylic acids is 2. The number of thiophene rings is 1. The van der Waals surface area contributed by atoms with E-state index in [1.807, 2.05) is 17.2 Å². The standard InChI is InChI=1S/C16H18N2O3S2/c1-2-17(15(20)13-4-3-8-21-13)6-7-18-14(19)11-23-16(18)12-5-9-22-10-12/h3-5,8-10,16H,2,6-7,11H2,1H3/t16-/m1/s1. The Kier molecular flexibility index (Phi) is 5.07. The van der Waals surface area contributed by atoms with Crippen molar-refractivity contribution in [3.05, 3.63) is 46.5 Å². The van der Waals surface area contributed by atoms with Crippen LogP contribution in [0.1, 0.15) is 28.4 Å². The number of likely N-dealkylation sites (N-methyl/N-ethyl adjacent to an activating group) is 1. The Balaban J connectivity index is 1.65. The largest absolute Gasteiger partial charge is 0.459 e. The third-order valence-corrected chi connectivity index (χ3v) is 5.77. The van der Waals surface area contributed by atoms with Crippen LogP contribution in [0.5, 0.6) is 0 Å². The van der Waals surface area contributed by atoms with Crippen LogP contribution in [-0.4, -0.2) is 47.0 Å². The zero-order chi connectivity index (χ0) is 16.2. The summed E-state index contributed by atoms with van der Waals surface area (Å²) in [5.74, 6) is 0.832. The number of rotatable bonds is 6. The maximum atomic E-state index is 12.4. The van der Waals surface area contributed by atoms with Crippen molar-refractivity contribution in [2.45, 2.75) is 12.3 Å². The molecule has 0 N–H and O–H groups in total. The molecule has 1 saturated heterocycles. The second-order valence-electron chi connectivity index (χ2n) is 5.17. The van der Waals surface area contributed by atoms with Gasteiger partial charge in [-0.25, -0.2) is 0 Å². The molecule has 122 valence electrons. The number of furan rings is 1. The first-order chi connectivity index (χ1) is 11.2. The van der Waals surface area contributed by atoms with Crippen LogP contribution in [0.3, 0.4) is 0 Å². The first-order valence-corrected chi connectivity index (χ1v) is 9.45. The molecule has 1 fully saturated rings. The molecule has 2 aromatic rings. The van der Waals surface area contributed by atoms with Crippen LogP contribution in [0.2, 0.25) is 0 Å². The SMILES string of the molecule is CCN(CCN1C(=O)CS[C@@H]1c1ccsc1)C(=O)c1ccco1. The molecule has 3 rings (SSSR count). The van der Waals surface area contributed by atoms with Crippen molar-refractivity contribution in [1.82, 2.24) is 9.80 Å². The zero-order valence-corrected chi connectivity index (χ0v) is 14.4. The van der Waals surface area contributed by atoms with E-state index in [4.69, 9.17) is 4.42 Å². The molecule has 0 unspecified atom stereocenters. The van der Waals surface area contributed by atoms with Crippen LogP contribution in [0.25, 0.3) is 0 Å². The second-order valence-corrected chi connectivity index (χ2v) is 7.02. The highest BCUT2D eigenvalue weighted by molar-refractivity contribution is 8.00. The normalized spacial score (nSPS) is 17.7. The van der Waals surface area contributed by atoms with Crippen molar-refractivity contribution in [2.75, 3.05) is 25.4 Å². The minimum absolute atomic E-state index is 0.0613. The van der Waals surface area contributed by atoms with Crippen LogP contribution in [-0.2, 0) is 4.79 Å². The van der Waals surface area contributed by atoms with Crippen molar-refractivity contribution >= 4 is 34.9 Å². The van der Waals surface area contributed by atoms with E-state index in [9.17, 15) is 9.59 Å². The van der Waals surface area contributed by atoms with E-state index >= 15 is 0 Å². The topological polar surface area (TPSA) is 53.8 Å². The fourth-order valence-corrected chi connectivity index (χ4v) is 4.55. The molecule has 3 heterocycles. The fraction of sp³-hybridized carbons (Fsp3) is 0.375. The van der Waals surface area contributed by atoms with Gasteiger partial charge in [0.15, 0.2) is 5.76 Å². The number of amides is 2. The quantitative estimate of drug-likeness (QED) is 0.803. The van der Waals surface area contributed by atoms with Gasteiger partial charge in [0.05, 0.1) is 12.0 Å². The molecule has 0 radical (unpaired) electrons. The smallest absolute Gasteiger partial charge is 0.289 e. The second kappa shape index (κ2) is 7.23. The summed E-state index contributed by atoms with van der Waals surface area (Å²) in [5, 5.41) is 4.16. The first kappa shape index (κ1) is 16.1. The number of nitrogens with zero attached hydrogens (tertiary/aromatic N) is 2. The van der Waals surface area contributed by atoms with Gasteiger partial charge >= 0.3 is 0 Å². The number of hydrogen-bond acceptors (Lipinski definition) is 5. The van der Waals surface area contributed by atoms with Gasteiger partial charge in [0.2, 0.25) is 5.91 Å². The maximum Gasteiger partial charge on any atom is 0.289 e. The molecule has 2 amide bonds. The number of thioether (sulfide) groups is 1. The molecule has 1 atom stereocenters. The van der Waals surface area contributed by atoms with Crippen LogP contribution >= 0.6 is 23.1 Å². The molecule has 7 heteroatoms. The Bertz CT molecular complexity index is 655. The molecule has 1 aliphatic rings. The van der Waals surface area contributed by atoms with E-state index < -0.39 is 0 Å². The first-order valence-electron chi connectivity index (χ1n) is 7.46. The summed E-state index contributed by atoms with van der Waals surface area (Å²) >= 11 is 3.28. The Morgan fingerprint density at radius 1 is 1.48 bits per heavy atom. The summed E-state index contributed by atoms with van der Waals surface area (Å²) in [6, 6.07) is 5.42. The van der Waals surface area contributed by atoms with E-state index in [0.29, 0.717) is 31.1 Å². The van der Waals surface area contributed by atoms with Crippen LogP contribution < -0.4 is 0 Å². The van der Waals surface area contributed by atoms with Gasteiger partial charge < -0.3 is 14.2 Å². The molecule has 0 aliphatic carbocycles. The predicted octanol–water partition coefficient (Wildman–Crippen LogP) is 3.08. The summed E-state index contributed by atoms with van der Waals surface area (Å²) in [5.41, 5.74) is 1.16. The molecule has 0 spiro atoms. The lowest BCUT2D eigenvalue weighted by molar-refractivity contribution is -0.128. The lowest BCUT2D eigenvalue weighted by atomic mass is 10.3. The molecular weight excluding hydrogens is 332 g/mol. The molecular formula is C16H18N2O3S2. The van der Waals surface area contributed by atoms with Gasteiger partial charge in [0.1, 0.15) is 5.37 Å². The van der Waals surface area contributed by atoms with Crippen molar-refractivity contribution in [2.24, 2.45) is 0 Å². The van der Waals surface area contributed by atoms with Gasteiger partial charge in [-0.3, -0.25) is 9.59 Å². The molecule has 5 nitrogen and oxygen atoms in total. The van der Waals surface area contributed by atoms with Gasteiger partial charge in [-0.1, -0.05) is 0 Å². The average Bonchev–Trinajstić information content (AvgIpc) is 3.29. The van der Waals surface area contributed by atoms with E-state index in [1.165, 1.54) is 6.26 Å². The van der Waals surface area contributed by atoms with Crippen molar-refractivity contribution in [1.29, 1.82) is 0 Å². The lowest BCUT2D eigenvalue weighted by Crippen LogP contribution is -2.39. The molecule has 2 aromatic heterocycles. The predicted molar refractivity (Wildman–Crippen MR) is 91.5 cm³/mol. The third kappa shape index (κ3) is 3.45. The maximum absolute atomic E-state index is 12.4.